The number of esters is 1. The first kappa shape index (κ1) is 21.2. The van der Waals surface area contributed by atoms with Crippen LogP contribution in [0.25, 0.3) is 0 Å². The van der Waals surface area contributed by atoms with Crippen molar-refractivity contribution in [1.29, 1.82) is 5.26 Å². The first-order chi connectivity index (χ1) is 13.4. The highest BCUT2D eigenvalue weighted by Crippen LogP contribution is 2.19. The van der Waals surface area contributed by atoms with Crippen molar-refractivity contribution in [3.63, 3.8) is 0 Å². The van der Waals surface area contributed by atoms with Gasteiger partial charge in [0.05, 0.1) is 18.8 Å². The highest BCUT2D eigenvalue weighted by molar-refractivity contribution is 5.70. The number of aliphatic hydroxyl groups is 1. The van der Waals surface area contributed by atoms with Crippen molar-refractivity contribution in [2.24, 2.45) is 0 Å². The second kappa shape index (κ2) is 10.3. The van der Waals surface area contributed by atoms with Crippen molar-refractivity contribution in [3.05, 3.63) is 59.2 Å². The molecule has 7 nitrogen and oxygen atoms in total. The molecule has 0 spiro atoms. The predicted molar refractivity (Wildman–Crippen MR) is 106 cm³/mol. The van der Waals surface area contributed by atoms with Crippen LogP contribution in [0.3, 0.4) is 0 Å². The van der Waals surface area contributed by atoms with Gasteiger partial charge in [-0.05, 0) is 48.7 Å². The first-order valence-electron chi connectivity index (χ1n) is 8.92. The molecule has 0 bridgehead atoms. The zero-order chi connectivity index (χ0) is 20.5. The number of methoxy groups -OCH3 is 1. The number of rotatable bonds is 9. The molecular weight excluding hydrogens is 358 g/mol. The Morgan fingerprint density at radius 2 is 2.00 bits per heavy atom. The van der Waals surface area contributed by atoms with Crippen molar-refractivity contribution in [1.82, 2.24) is 5.32 Å². The van der Waals surface area contributed by atoms with Crippen LogP contribution in [0, 0.1) is 11.3 Å². The molecule has 0 aliphatic rings. The summed E-state index contributed by atoms with van der Waals surface area (Å²) in [6, 6.07) is 14.6. The van der Waals surface area contributed by atoms with E-state index in [1.54, 1.807) is 30.3 Å². The van der Waals surface area contributed by atoms with Crippen LogP contribution in [0.2, 0.25) is 0 Å². The number of nitrogen functional groups attached to an aromatic ring is 1. The van der Waals surface area contributed by atoms with Gasteiger partial charge in [0.1, 0.15) is 11.8 Å². The van der Waals surface area contributed by atoms with E-state index in [1.807, 2.05) is 25.1 Å². The molecule has 28 heavy (non-hydrogen) atoms. The Morgan fingerprint density at radius 3 is 2.64 bits per heavy atom. The molecule has 0 heterocycles. The molecule has 0 saturated carbocycles. The number of carbonyl (C=O) groups is 1. The average Bonchev–Trinajstić information content (AvgIpc) is 2.71. The van der Waals surface area contributed by atoms with Crippen molar-refractivity contribution >= 4 is 11.7 Å². The number of ether oxygens (including phenoxy) is 2. The van der Waals surface area contributed by atoms with E-state index in [-0.39, 0.29) is 12.6 Å². The molecule has 2 aromatic carbocycles. The van der Waals surface area contributed by atoms with Crippen LogP contribution in [-0.2, 0) is 16.0 Å². The van der Waals surface area contributed by atoms with Gasteiger partial charge in [-0.3, -0.25) is 0 Å². The Labute approximate surface area is 164 Å². The van der Waals surface area contributed by atoms with Gasteiger partial charge in [-0.15, -0.1) is 0 Å². The molecule has 2 unspecified atom stereocenters. The largest absolute Gasteiger partial charge is 0.482 e. The Bertz CT molecular complexity index is 831. The fraction of sp³-hybridized carbons (Fsp3) is 0.333. The quantitative estimate of drug-likeness (QED) is 0.447. The predicted octanol–water partition coefficient (Wildman–Crippen LogP) is 1.95. The molecule has 2 atom stereocenters. The highest BCUT2D eigenvalue weighted by atomic mass is 16.6. The van der Waals surface area contributed by atoms with Gasteiger partial charge in [0.25, 0.3) is 0 Å². The fourth-order valence-electron chi connectivity index (χ4n) is 2.66. The number of hydrogen-bond donors (Lipinski definition) is 3. The molecule has 0 aliphatic heterocycles. The zero-order valence-corrected chi connectivity index (χ0v) is 16.0. The van der Waals surface area contributed by atoms with Crippen molar-refractivity contribution < 1.29 is 19.4 Å². The van der Waals surface area contributed by atoms with Gasteiger partial charge in [-0.25, -0.2) is 4.79 Å². The molecule has 2 aromatic rings. The van der Waals surface area contributed by atoms with Crippen LogP contribution in [-0.4, -0.2) is 37.4 Å². The van der Waals surface area contributed by atoms with E-state index in [4.69, 9.17) is 15.7 Å². The van der Waals surface area contributed by atoms with E-state index in [9.17, 15) is 9.90 Å². The molecule has 0 saturated heterocycles. The van der Waals surface area contributed by atoms with Gasteiger partial charge in [0.15, 0.2) is 6.61 Å². The zero-order valence-electron chi connectivity index (χ0n) is 16.0. The maximum Gasteiger partial charge on any atom is 0.343 e. The number of nitrogens with one attached hydrogen (secondary N) is 1. The number of hydrogen-bond acceptors (Lipinski definition) is 7. The molecule has 0 aliphatic carbocycles. The number of nitrogens with two attached hydrogens (primary N) is 1. The average molecular weight is 383 g/mol. The topological polar surface area (TPSA) is 118 Å². The Hall–Kier alpha value is -3.08. The first-order valence-corrected chi connectivity index (χ1v) is 8.92. The minimum absolute atomic E-state index is 0.121. The summed E-state index contributed by atoms with van der Waals surface area (Å²) in [6.45, 7) is 2.26. The molecule has 0 amide bonds. The van der Waals surface area contributed by atoms with Crippen LogP contribution in [0.5, 0.6) is 5.75 Å². The second-order valence-electron chi connectivity index (χ2n) is 6.50. The lowest BCUT2D eigenvalue weighted by Crippen LogP contribution is -2.32. The van der Waals surface area contributed by atoms with Crippen molar-refractivity contribution in [2.45, 2.75) is 25.5 Å². The van der Waals surface area contributed by atoms with E-state index in [2.05, 4.69) is 10.1 Å². The summed E-state index contributed by atoms with van der Waals surface area (Å²) in [6.07, 6.45) is 0.0269. The van der Waals surface area contributed by atoms with E-state index in [0.29, 0.717) is 29.1 Å². The highest BCUT2D eigenvalue weighted by Gasteiger charge is 2.12. The lowest BCUT2D eigenvalue weighted by Gasteiger charge is -2.18. The van der Waals surface area contributed by atoms with Crippen LogP contribution >= 0.6 is 0 Å². The lowest BCUT2D eigenvalue weighted by atomic mass is 10.0. The summed E-state index contributed by atoms with van der Waals surface area (Å²) in [5, 5.41) is 22.7. The third-order valence-corrected chi connectivity index (χ3v) is 4.29. The van der Waals surface area contributed by atoms with Gasteiger partial charge in [0.2, 0.25) is 0 Å². The number of aliphatic hydroxyl groups excluding tert-OH is 1. The van der Waals surface area contributed by atoms with E-state index >= 15 is 0 Å². The molecule has 4 N–H and O–H groups in total. The molecule has 0 aromatic heterocycles. The van der Waals surface area contributed by atoms with Gasteiger partial charge in [-0.1, -0.05) is 18.2 Å². The summed E-state index contributed by atoms with van der Waals surface area (Å²) in [5.41, 5.74) is 8.22. The van der Waals surface area contributed by atoms with E-state index in [0.717, 1.165) is 12.0 Å². The number of benzene rings is 2. The standard InChI is InChI=1S/C21H25N3O4/c1-14(9-15-3-6-18(7-4-15)28-13-21(26)27-2)24-12-20(25)16-5-8-19(23)17(10-16)11-22/h3-8,10,14,20,24-25H,9,12-13,23H2,1-2H3. The summed E-state index contributed by atoms with van der Waals surface area (Å²) in [4.78, 5) is 11.1. The molecular formula is C21H25N3O4. The van der Waals surface area contributed by atoms with Crippen LogP contribution in [0.4, 0.5) is 5.69 Å². The summed E-state index contributed by atoms with van der Waals surface area (Å²) < 4.78 is 9.85. The van der Waals surface area contributed by atoms with Gasteiger partial charge < -0.3 is 25.6 Å². The number of anilines is 1. The van der Waals surface area contributed by atoms with Crippen molar-refractivity contribution in [3.8, 4) is 11.8 Å². The summed E-state index contributed by atoms with van der Waals surface area (Å²) >= 11 is 0. The van der Waals surface area contributed by atoms with Crippen molar-refractivity contribution in [2.75, 3.05) is 26.0 Å². The normalized spacial score (nSPS) is 12.6. The minimum atomic E-state index is -0.732. The number of nitriles is 1. The minimum Gasteiger partial charge on any atom is -0.482 e. The van der Waals surface area contributed by atoms with E-state index < -0.39 is 12.1 Å². The van der Waals surface area contributed by atoms with E-state index in [1.165, 1.54) is 7.11 Å². The molecule has 7 heteroatoms. The number of carbonyl (C=O) groups excluding carboxylic acids is 1. The lowest BCUT2D eigenvalue weighted by molar-refractivity contribution is -0.142. The SMILES string of the molecule is COC(=O)COc1ccc(CC(C)NCC(O)c2ccc(N)c(C#N)c2)cc1. The smallest absolute Gasteiger partial charge is 0.343 e. The third-order valence-electron chi connectivity index (χ3n) is 4.29. The maximum absolute atomic E-state index is 11.1. The number of nitrogens with zero attached hydrogens (tertiary/aromatic N) is 1. The third kappa shape index (κ3) is 6.27. The monoisotopic (exact) mass is 383 g/mol. The second-order valence-corrected chi connectivity index (χ2v) is 6.50. The molecule has 0 fully saturated rings. The van der Waals surface area contributed by atoms with Gasteiger partial charge in [-0.2, -0.15) is 5.26 Å². The molecule has 148 valence electrons. The summed E-state index contributed by atoms with van der Waals surface area (Å²) in [5.74, 6) is 0.172. The Balaban J connectivity index is 1.82. The molecule has 2 rings (SSSR count). The Morgan fingerprint density at radius 1 is 1.29 bits per heavy atom. The van der Waals surface area contributed by atoms with Gasteiger partial charge >= 0.3 is 5.97 Å². The summed E-state index contributed by atoms with van der Waals surface area (Å²) in [7, 11) is 1.32. The van der Waals surface area contributed by atoms with Gasteiger partial charge in [0, 0.05) is 18.3 Å². The maximum atomic E-state index is 11.1. The van der Waals surface area contributed by atoms with Crippen LogP contribution < -0.4 is 15.8 Å². The molecule has 0 radical (unpaired) electrons. The Kier molecular flexibility index (Phi) is 7.81. The van der Waals surface area contributed by atoms with Crippen LogP contribution in [0.15, 0.2) is 42.5 Å². The fourth-order valence-corrected chi connectivity index (χ4v) is 2.66. The van der Waals surface area contributed by atoms with Crippen LogP contribution in [0.1, 0.15) is 29.7 Å².